The standard InChI is InChI=1S/C20H31N3O3/c1-5-23(6-2)16-11-9-15(10-12-16)22-19(25)20(3,4)18(24)21-14-17-8-7-13-26-17/h9-12,17H,5-8,13-14H2,1-4H3,(H,21,24)(H,22,25). The van der Waals surface area contributed by atoms with Crippen LogP contribution in [0.25, 0.3) is 0 Å². The lowest BCUT2D eigenvalue weighted by molar-refractivity contribution is -0.138. The van der Waals surface area contributed by atoms with E-state index in [1.165, 1.54) is 0 Å². The summed E-state index contributed by atoms with van der Waals surface area (Å²) < 4.78 is 5.50. The zero-order valence-corrected chi connectivity index (χ0v) is 16.3. The predicted molar refractivity (Wildman–Crippen MR) is 104 cm³/mol. The Morgan fingerprint density at radius 3 is 2.35 bits per heavy atom. The second-order valence-corrected chi connectivity index (χ2v) is 7.14. The summed E-state index contributed by atoms with van der Waals surface area (Å²) in [6, 6.07) is 7.69. The highest BCUT2D eigenvalue weighted by Gasteiger charge is 2.36. The molecular formula is C20H31N3O3. The van der Waals surface area contributed by atoms with Gasteiger partial charge in [0.05, 0.1) is 6.10 Å². The Labute approximate surface area is 156 Å². The molecule has 144 valence electrons. The van der Waals surface area contributed by atoms with Gasteiger partial charge >= 0.3 is 0 Å². The number of amides is 2. The molecule has 0 radical (unpaired) electrons. The number of ether oxygens (including phenoxy) is 1. The molecule has 0 aliphatic carbocycles. The molecule has 1 aromatic carbocycles. The van der Waals surface area contributed by atoms with E-state index >= 15 is 0 Å². The third kappa shape index (κ3) is 4.97. The van der Waals surface area contributed by atoms with Crippen molar-refractivity contribution in [2.75, 3.05) is 36.5 Å². The van der Waals surface area contributed by atoms with E-state index in [0.717, 1.165) is 38.2 Å². The highest BCUT2D eigenvalue weighted by atomic mass is 16.5. The van der Waals surface area contributed by atoms with Crippen molar-refractivity contribution < 1.29 is 14.3 Å². The Kier molecular flexibility index (Phi) is 7.03. The number of hydrogen-bond acceptors (Lipinski definition) is 4. The Bertz CT molecular complexity index is 603. The molecule has 0 spiro atoms. The van der Waals surface area contributed by atoms with Crippen LogP contribution in [-0.2, 0) is 14.3 Å². The van der Waals surface area contributed by atoms with Crippen molar-refractivity contribution in [3.05, 3.63) is 24.3 Å². The number of carbonyl (C=O) groups excluding carboxylic acids is 2. The van der Waals surface area contributed by atoms with Crippen molar-refractivity contribution in [3.8, 4) is 0 Å². The van der Waals surface area contributed by atoms with Gasteiger partial charge in [0.1, 0.15) is 5.41 Å². The van der Waals surface area contributed by atoms with Crippen molar-refractivity contribution >= 4 is 23.2 Å². The average Bonchev–Trinajstić information content (AvgIpc) is 3.15. The van der Waals surface area contributed by atoms with Gasteiger partial charge in [0.25, 0.3) is 0 Å². The van der Waals surface area contributed by atoms with E-state index < -0.39 is 5.41 Å². The summed E-state index contributed by atoms with van der Waals surface area (Å²) in [5.41, 5.74) is 0.642. The number of carbonyl (C=O) groups is 2. The number of hydrogen-bond donors (Lipinski definition) is 2. The zero-order valence-electron chi connectivity index (χ0n) is 16.3. The van der Waals surface area contributed by atoms with Crippen molar-refractivity contribution in [3.63, 3.8) is 0 Å². The van der Waals surface area contributed by atoms with E-state index in [1.807, 2.05) is 24.3 Å². The molecule has 1 aromatic rings. The van der Waals surface area contributed by atoms with Crippen molar-refractivity contribution in [2.45, 2.75) is 46.6 Å². The molecule has 1 aliphatic heterocycles. The Hall–Kier alpha value is -2.08. The number of anilines is 2. The predicted octanol–water partition coefficient (Wildman–Crippen LogP) is 2.79. The number of benzene rings is 1. The third-order valence-corrected chi connectivity index (χ3v) is 4.90. The van der Waals surface area contributed by atoms with Crippen LogP contribution >= 0.6 is 0 Å². The molecule has 1 fully saturated rings. The molecule has 1 aliphatic rings. The second-order valence-electron chi connectivity index (χ2n) is 7.14. The van der Waals surface area contributed by atoms with Crippen LogP contribution in [0.15, 0.2) is 24.3 Å². The monoisotopic (exact) mass is 361 g/mol. The van der Waals surface area contributed by atoms with Gasteiger partial charge in [0.15, 0.2) is 0 Å². The number of nitrogens with one attached hydrogen (secondary N) is 2. The number of rotatable bonds is 8. The summed E-state index contributed by atoms with van der Waals surface area (Å²) >= 11 is 0. The Morgan fingerprint density at radius 2 is 1.81 bits per heavy atom. The topological polar surface area (TPSA) is 70.7 Å². The lowest BCUT2D eigenvalue weighted by Crippen LogP contribution is -2.47. The van der Waals surface area contributed by atoms with Crippen LogP contribution in [0.3, 0.4) is 0 Å². The first-order valence-electron chi connectivity index (χ1n) is 9.44. The maximum absolute atomic E-state index is 12.6. The lowest BCUT2D eigenvalue weighted by Gasteiger charge is -2.24. The number of nitrogens with zero attached hydrogens (tertiary/aromatic N) is 1. The van der Waals surface area contributed by atoms with E-state index in [0.29, 0.717) is 12.2 Å². The normalized spacial score (nSPS) is 17.0. The summed E-state index contributed by atoms with van der Waals surface area (Å²) in [7, 11) is 0. The molecule has 0 bridgehead atoms. The smallest absolute Gasteiger partial charge is 0.239 e. The van der Waals surface area contributed by atoms with Crippen LogP contribution in [0.5, 0.6) is 0 Å². The van der Waals surface area contributed by atoms with Crippen LogP contribution in [0.4, 0.5) is 11.4 Å². The average molecular weight is 361 g/mol. The van der Waals surface area contributed by atoms with E-state index in [2.05, 4.69) is 29.4 Å². The van der Waals surface area contributed by atoms with Crippen LogP contribution in [0, 0.1) is 5.41 Å². The highest BCUT2D eigenvalue weighted by Crippen LogP contribution is 2.22. The molecule has 2 rings (SSSR count). The molecule has 26 heavy (non-hydrogen) atoms. The van der Waals surface area contributed by atoms with Crippen molar-refractivity contribution in [1.82, 2.24) is 5.32 Å². The summed E-state index contributed by atoms with van der Waals surface area (Å²) in [5.74, 6) is -0.608. The van der Waals surface area contributed by atoms with Crippen LogP contribution in [0.2, 0.25) is 0 Å². The molecule has 1 atom stereocenters. The zero-order chi connectivity index (χ0) is 19.2. The molecule has 1 saturated heterocycles. The molecule has 0 aromatic heterocycles. The van der Waals surface area contributed by atoms with Gasteiger partial charge in [-0.15, -0.1) is 0 Å². The van der Waals surface area contributed by atoms with Gasteiger partial charge in [-0.25, -0.2) is 0 Å². The quantitative estimate of drug-likeness (QED) is 0.699. The molecule has 0 saturated carbocycles. The molecule has 1 heterocycles. The van der Waals surface area contributed by atoms with Crippen molar-refractivity contribution in [2.24, 2.45) is 5.41 Å². The fourth-order valence-corrected chi connectivity index (χ4v) is 2.97. The summed E-state index contributed by atoms with van der Waals surface area (Å²) in [6.07, 6.45) is 2.03. The van der Waals surface area contributed by atoms with Gasteiger partial charge in [-0.1, -0.05) is 0 Å². The molecule has 1 unspecified atom stereocenters. The van der Waals surface area contributed by atoms with Gasteiger partial charge in [-0.3, -0.25) is 9.59 Å². The van der Waals surface area contributed by atoms with Crippen LogP contribution in [0.1, 0.15) is 40.5 Å². The maximum Gasteiger partial charge on any atom is 0.239 e. The first-order valence-corrected chi connectivity index (χ1v) is 9.44. The molecule has 2 amide bonds. The van der Waals surface area contributed by atoms with E-state index in [4.69, 9.17) is 4.74 Å². The second kappa shape index (κ2) is 9.03. The maximum atomic E-state index is 12.6. The van der Waals surface area contributed by atoms with Gasteiger partial charge < -0.3 is 20.3 Å². The van der Waals surface area contributed by atoms with E-state index in [1.54, 1.807) is 13.8 Å². The molecule has 6 nitrogen and oxygen atoms in total. The Morgan fingerprint density at radius 1 is 1.15 bits per heavy atom. The van der Waals surface area contributed by atoms with E-state index in [-0.39, 0.29) is 17.9 Å². The van der Waals surface area contributed by atoms with E-state index in [9.17, 15) is 9.59 Å². The molecule has 2 N–H and O–H groups in total. The fraction of sp³-hybridized carbons (Fsp3) is 0.600. The summed E-state index contributed by atoms with van der Waals surface area (Å²) in [6.45, 7) is 10.5. The Balaban J connectivity index is 1.92. The first kappa shape index (κ1) is 20.2. The minimum absolute atomic E-state index is 0.0606. The van der Waals surface area contributed by atoms with Gasteiger partial charge in [0, 0.05) is 37.6 Å². The van der Waals surface area contributed by atoms with Gasteiger partial charge in [-0.2, -0.15) is 0 Å². The third-order valence-electron chi connectivity index (χ3n) is 4.90. The minimum Gasteiger partial charge on any atom is -0.376 e. The molecular weight excluding hydrogens is 330 g/mol. The largest absolute Gasteiger partial charge is 0.376 e. The van der Waals surface area contributed by atoms with Crippen LogP contribution in [-0.4, -0.2) is 44.2 Å². The SMILES string of the molecule is CCN(CC)c1ccc(NC(=O)C(C)(C)C(=O)NCC2CCCO2)cc1. The first-order chi connectivity index (χ1) is 12.4. The van der Waals surface area contributed by atoms with Crippen molar-refractivity contribution in [1.29, 1.82) is 0 Å². The fourth-order valence-electron chi connectivity index (χ4n) is 2.97. The van der Waals surface area contributed by atoms with Crippen LogP contribution < -0.4 is 15.5 Å². The molecule has 6 heteroatoms. The van der Waals surface area contributed by atoms with Gasteiger partial charge in [-0.05, 0) is 64.8 Å². The summed E-state index contributed by atoms with van der Waals surface area (Å²) in [5, 5.41) is 5.68. The highest BCUT2D eigenvalue weighted by molar-refractivity contribution is 6.09. The van der Waals surface area contributed by atoms with Gasteiger partial charge in [0.2, 0.25) is 11.8 Å². The minimum atomic E-state index is -1.16. The summed E-state index contributed by atoms with van der Waals surface area (Å²) in [4.78, 5) is 27.3. The lowest BCUT2D eigenvalue weighted by atomic mass is 9.90.